The van der Waals surface area contributed by atoms with Crippen LogP contribution in [0.5, 0.6) is 0 Å². The van der Waals surface area contributed by atoms with Crippen LogP contribution in [0.2, 0.25) is 0 Å². The molecule has 1 N–H and O–H groups in total. The minimum Gasteiger partial charge on any atom is -0.352 e. The lowest BCUT2D eigenvalue weighted by atomic mass is 10.0. The van der Waals surface area contributed by atoms with Crippen LogP contribution >= 0.6 is 11.3 Å². The first-order valence-electron chi connectivity index (χ1n) is 8.59. The van der Waals surface area contributed by atoms with Crippen molar-refractivity contribution >= 4 is 23.2 Å². The van der Waals surface area contributed by atoms with Crippen molar-refractivity contribution in [3.05, 3.63) is 52.0 Å². The fourth-order valence-electron chi connectivity index (χ4n) is 3.79. The van der Waals surface area contributed by atoms with Crippen LogP contribution in [0.1, 0.15) is 33.6 Å². The van der Waals surface area contributed by atoms with Gasteiger partial charge in [0.1, 0.15) is 0 Å². The van der Waals surface area contributed by atoms with Crippen molar-refractivity contribution in [1.29, 1.82) is 0 Å². The second kappa shape index (κ2) is 6.26. The predicted molar refractivity (Wildman–Crippen MR) is 96.2 cm³/mol. The van der Waals surface area contributed by atoms with Crippen LogP contribution in [0, 0.1) is 18.3 Å². The SMILES string of the molecule is Cc1ccsc1C(=O)N1CC[C@]2(C[C@H]2C(=O)NCc2ccncc2)C1. The first-order valence-corrected chi connectivity index (χ1v) is 9.47. The van der Waals surface area contributed by atoms with Gasteiger partial charge in [0.25, 0.3) is 5.91 Å². The molecular formula is C19H21N3O2S. The molecule has 0 bridgehead atoms. The van der Waals surface area contributed by atoms with Gasteiger partial charge in [-0.15, -0.1) is 11.3 Å². The molecule has 6 heteroatoms. The Kier molecular flexibility index (Phi) is 4.07. The van der Waals surface area contributed by atoms with E-state index in [2.05, 4.69) is 10.3 Å². The van der Waals surface area contributed by atoms with Crippen molar-refractivity contribution in [3.63, 3.8) is 0 Å². The largest absolute Gasteiger partial charge is 0.352 e. The van der Waals surface area contributed by atoms with Crippen LogP contribution in [-0.2, 0) is 11.3 Å². The summed E-state index contributed by atoms with van der Waals surface area (Å²) in [4.78, 5) is 31.9. The van der Waals surface area contributed by atoms with Gasteiger partial charge in [-0.05, 0) is 54.5 Å². The summed E-state index contributed by atoms with van der Waals surface area (Å²) < 4.78 is 0. The molecule has 2 atom stereocenters. The van der Waals surface area contributed by atoms with Gasteiger partial charge in [-0.25, -0.2) is 0 Å². The van der Waals surface area contributed by atoms with E-state index in [1.165, 1.54) is 11.3 Å². The van der Waals surface area contributed by atoms with Crippen LogP contribution in [0.4, 0.5) is 0 Å². The monoisotopic (exact) mass is 355 g/mol. The highest BCUT2D eigenvalue weighted by molar-refractivity contribution is 7.12. The third kappa shape index (κ3) is 3.06. The van der Waals surface area contributed by atoms with Crippen molar-refractivity contribution in [2.24, 2.45) is 11.3 Å². The molecule has 2 fully saturated rings. The summed E-state index contributed by atoms with van der Waals surface area (Å²) in [7, 11) is 0. The van der Waals surface area contributed by atoms with E-state index in [0.717, 1.165) is 35.4 Å². The maximum atomic E-state index is 12.7. The number of hydrogen-bond donors (Lipinski definition) is 1. The summed E-state index contributed by atoms with van der Waals surface area (Å²) in [6.45, 7) is 3.97. The molecule has 1 spiro atoms. The maximum absolute atomic E-state index is 12.7. The number of rotatable bonds is 4. The Morgan fingerprint density at radius 3 is 2.88 bits per heavy atom. The van der Waals surface area contributed by atoms with Gasteiger partial charge in [-0.2, -0.15) is 0 Å². The smallest absolute Gasteiger partial charge is 0.264 e. The normalized spacial score (nSPS) is 24.5. The van der Waals surface area contributed by atoms with Crippen LogP contribution in [-0.4, -0.2) is 34.8 Å². The number of hydrogen-bond acceptors (Lipinski definition) is 4. The number of carbonyl (C=O) groups is 2. The van der Waals surface area contributed by atoms with Crippen LogP contribution < -0.4 is 5.32 Å². The molecule has 1 aliphatic carbocycles. The number of carbonyl (C=O) groups excluding carboxylic acids is 2. The van der Waals surface area contributed by atoms with Gasteiger partial charge in [0.2, 0.25) is 5.91 Å². The van der Waals surface area contributed by atoms with Gasteiger partial charge in [0, 0.05) is 43.4 Å². The molecule has 0 aromatic carbocycles. The molecule has 2 amide bonds. The number of thiophene rings is 1. The van der Waals surface area contributed by atoms with E-state index >= 15 is 0 Å². The van der Waals surface area contributed by atoms with Gasteiger partial charge in [-0.1, -0.05) is 0 Å². The van der Waals surface area contributed by atoms with Crippen molar-refractivity contribution in [2.45, 2.75) is 26.3 Å². The highest BCUT2D eigenvalue weighted by Gasteiger charge is 2.61. The fraction of sp³-hybridized carbons (Fsp3) is 0.421. The highest BCUT2D eigenvalue weighted by Crippen LogP contribution is 2.58. The molecule has 5 nitrogen and oxygen atoms in total. The van der Waals surface area contributed by atoms with E-state index in [1.54, 1.807) is 12.4 Å². The molecule has 0 unspecified atom stereocenters. The lowest BCUT2D eigenvalue weighted by Crippen LogP contribution is -2.31. The summed E-state index contributed by atoms with van der Waals surface area (Å²) in [6.07, 6.45) is 5.28. The zero-order chi connectivity index (χ0) is 17.4. The first kappa shape index (κ1) is 16.3. The molecule has 25 heavy (non-hydrogen) atoms. The number of nitrogens with one attached hydrogen (secondary N) is 1. The number of aryl methyl sites for hydroxylation is 1. The number of pyridine rings is 1. The number of likely N-dealkylation sites (tertiary alicyclic amines) is 1. The van der Waals surface area contributed by atoms with Crippen molar-refractivity contribution in [1.82, 2.24) is 15.2 Å². The van der Waals surface area contributed by atoms with E-state index < -0.39 is 0 Å². The Balaban J connectivity index is 1.34. The first-order chi connectivity index (χ1) is 12.1. The lowest BCUT2D eigenvalue weighted by molar-refractivity contribution is -0.123. The number of aromatic nitrogens is 1. The zero-order valence-corrected chi connectivity index (χ0v) is 15.0. The average molecular weight is 355 g/mol. The van der Waals surface area contributed by atoms with Crippen molar-refractivity contribution < 1.29 is 9.59 Å². The molecule has 130 valence electrons. The third-order valence-electron chi connectivity index (χ3n) is 5.45. The Hall–Kier alpha value is -2.21. The second-order valence-electron chi connectivity index (χ2n) is 7.10. The molecule has 2 aromatic rings. The Bertz CT molecular complexity index is 804. The van der Waals surface area contributed by atoms with E-state index in [1.807, 2.05) is 35.4 Å². The second-order valence-corrected chi connectivity index (χ2v) is 8.02. The summed E-state index contributed by atoms with van der Waals surface area (Å²) in [5.41, 5.74) is 2.09. The molecule has 2 aromatic heterocycles. The third-order valence-corrected chi connectivity index (χ3v) is 6.46. The molecule has 3 heterocycles. The molecule has 4 rings (SSSR count). The summed E-state index contributed by atoms with van der Waals surface area (Å²) in [5, 5.41) is 4.98. The van der Waals surface area contributed by atoms with Crippen LogP contribution in [0.25, 0.3) is 0 Å². The van der Waals surface area contributed by atoms with Gasteiger partial charge in [0.15, 0.2) is 0 Å². The van der Waals surface area contributed by atoms with Gasteiger partial charge in [-0.3, -0.25) is 14.6 Å². The van der Waals surface area contributed by atoms with E-state index in [4.69, 9.17) is 0 Å². The minimum atomic E-state index is 0.00313. The molecule has 0 radical (unpaired) electrons. The Morgan fingerprint density at radius 2 is 2.16 bits per heavy atom. The summed E-state index contributed by atoms with van der Waals surface area (Å²) >= 11 is 1.50. The summed E-state index contributed by atoms with van der Waals surface area (Å²) in [5.74, 6) is 0.266. The van der Waals surface area contributed by atoms with Crippen LogP contribution in [0.15, 0.2) is 36.0 Å². The fourth-order valence-corrected chi connectivity index (χ4v) is 4.68. The topological polar surface area (TPSA) is 62.3 Å². The maximum Gasteiger partial charge on any atom is 0.264 e. The van der Waals surface area contributed by atoms with Crippen molar-refractivity contribution in [3.8, 4) is 0 Å². The van der Waals surface area contributed by atoms with Gasteiger partial charge < -0.3 is 10.2 Å². The number of nitrogens with zero attached hydrogens (tertiary/aromatic N) is 2. The minimum absolute atomic E-state index is 0.00313. The highest BCUT2D eigenvalue weighted by atomic mass is 32.1. The molecule has 1 saturated carbocycles. The van der Waals surface area contributed by atoms with Crippen molar-refractivity contribution in [2.75, 3.05) is 13.1 Å². The lowest BCUT2D eigenvalue weighted by Gasteiger charge is -2.16. The van der Waals surface area contributed by atoms with E-state index in [9.17, 15) is 9.59 Å². The quantitative estimate of drug-likeness (QED) is 0.917. The van der Waals surface area contributed by atoms with Crippen LogP contribution in [0.3, 0.4) is 0 Å². The number of amides is 2. The van der Waals surface area contributed by atoms with Gasteiger partial charge >= 0.3 is 0 Å². The average Bonchev–Trinajstić information content (AvgIpc) is 2.93. The molecule has 1 aliphatic heterocycles. The van der Waals surface area contributed by atoms with Gasteiger partial charge in [0.05, 0.1) is 4.88 Å². The molecule has 2 aliphatic rings. The zero-order valence-electron chi connectivity index (χ0n) is 14.2. The predicted octanol–water partition coefficient (Wildman–Crippen LogP) is 2.62. The Morgan fingerprint density at radius 1 is 1.36 bits per heavy atom. The standard InChI is InChI=1S/C19H21N3O2S/c1-13-4-9-25-16(13)18(24)22-8-5-19(12-22)10-15(19)17(23)21-11-14-2-6-20-7-3-14/h2-4,6-7,9,15H,5,8,10-12H2,1H3,(H,21,23)/t15-,19-/m0/s1. The Labute approximate surface area is 151 Å². The molecular weight excluding hydrogens is 334 g/mol. The molecule has 1 saturated heterocycles. The summed E-state index contributed by atoms with van der Waals surface area (Å²) in [6, 6.07) is 5.79. The van der Waals surface area contributed by atoms with E-state index in [0.29, 0.717) is 13.1 Å². The van der Waals surface area contributed by atoms with E-state index in [-0.39, 0.29) is 23.1 Å².